The first-order valence-electron chi connectivity index (χ1n) is 4.02. The van der Waals surface area contributed by atoms with E-state index in [0.717, 1.165) is 12.1 Å². The van der Waals surface area contributed by atoms with Gasteiger partial charge in [0.1, 0.15) is 17.1 Å². The third-order valence-corrected chi connectivity index (χ3v) is 1.66. The molecule has 0 aliphatic carbocycles. The predicted molar refractivity (Wildman–Crippen MR) is 52.8 cm³/mol. The van der Waals surface area contributed by atoms with Crippen LogP contribution in [0.3, 0.4) is 0 Å². The minimum absolute atomic E-state index is 0.103. The molecule has 0 saturated heterocycles. The second-order valence-electron chi connectivity index (χ2n) is 2.81. The highest BCUT2D eigenvalue weighted by molar-refractivity contribution is 5.94. The number of primary amides is 1. The van der Waals surface area contributed by atoms with Crippen LogP contribution in [0, 0.1) is 11.8 Å². The molecule has 0 fully saturated rings. The lowest BCUT2D eigenvalue weighted by atomic mass is 10.1. The summed E-state index contributed by atoms with van der Waals surface area (Å²) in [4.78, 5) is 21.0. The molecule has 0 unspecified atom stereocenters. The monoisotopic (exact) mass is 221 g/mol. The lowest BCUT2D eigenvalue weighted by molar-refractivity contribution is -0.112. The van der Waals surface area contributed by atoms with Gasteiger partial charge in [-0.1, -0.05) is 5.92 Å². The Hall–Kier alpha value is -2.68. The molecule has 0 atom stereocenters. The van der Waals surface area contributed by atoms with Gasteiger partial charge < -0.3 is 21.1 Å². The first-order valence-corrected chi connectivity index (χ1v) is 4.02. The fraction of sp³-hybridized carbons (Fsp3) is 0. The molecule has 0 aromatic heterocycles. The number of rotatable bonds is 1. The number of amides is 1. The van der Waals surface area contributed by atoms with E-state index in [4.69, 9.17) is 10.8 Å². The number of aromatic hydroxyl groups is 2. The average molecular weight is 221 g/mol. The zero-order chi connectivity index (χ0) is 12.3. The Morgan fingerprint density at radius 2 is 1.81 bits per heavy atom. The maximum atomic E-state index is 10.6. The van der Waals surface area contributed by atoms with Gasteiger partial charge in [0.2, 0.25) is 0 Å². The number of aromatic carboxylic acids is 1. The molecule has 0 aliphatic rings. The zero-order valence-corrected chi connectivity index (χ0v) is 7.89. The van der Waals surface area contributed by atoms with Crippen molar-refractivity contribution >= 4 is 11.9 Å². The van der Waals surface area contributed by atoms with Crippen LogP contribution in [0.25, 0.3) is 0 Å². The SMILES string of the molecule is NC(=O)C#Cc1cc(C(=O)O)c(O)cc1O. The van der Waals surface area contributed by atoms with Crippen molar-refractivity contribution in [2.45, 2.75) is 0 Å². The number of carbonyl (C=O) groups excluding carboxylic acids is 1. The Labute approximate surface area is 89.9 Å². The van der Waals surface area contributed by atoms with Crippen LogP contribution in [0.4, 0.5) is 0 Å². The first kappa shape index (κ1) is 11.4. The van der Waals surface area contributed by atoms with E-state index in [2.05, 4.69) is 5.92 Å². The maximum absolute atomic E-state index is 10.6. The molecular formula is C10H7NO5. The Bertz CT molecular complexity index is 524. The molecule has 0 saturated carbocycles. The lowest BCUT2D eigenvalue weighted by Gasteiger charge is -2.02. The summed E-state index contributed by atoms with van der Waals surface area (Å²) in [5, 5.41) is 27.2. The molecule has 5 N–H and O–H groups in total. The summed E-state index contributed by atoms with van der Waals surface area (Å²) in [5.41, 5.74) is 4.23. The number of hydrogen-bond donors (Lipinski definition) is 4. The van der Waals surface area contributed by atoms with Gasteiger partial charge in [0.25, 0.3) is 5.91 Å². The fourth-order valence-corrected chi connectivity index (χ4v) is 0.978. The van der Waals surface area contributed by atoms with E-state index < -0.39 is 28.9 Å². The van der Waals surface area contributed by atoms with Gasteiger partial charge in [-0.05, 0) is 6.07 Å². The molecule has 6 nitrogen and oxygen atoms in total. The number of hydrogen-bond acceptors (Lipinski definition) is 4. The van der Waals surface area contributed by atoms with Crippen LogP contribution >= 0.6 is 0 Å². The molecule has 0 aliphatic heterocycles. The second kappa shape index (κ2) is 4.23. The van der Waals surface area contributed by atoms with Crippen molar-refractivity contribution in [1.82, 2.24) is 0 Å². The predicted octanol–water partition coefficient (Wildman–Crippen LogP) is -0.367. The van der Waals surface area contributed by atoms with Gasteiger partial charge in [-0.15, -0.1) is 0 Å². The van der Waals surface area contributed by atoms with Crippen molar-refractivity contribution < 1.29 is 24.9 Å². The number of carboxylic acids is 1. The summed E-state index contributed by atoms with van der Waals surface area (Å²) in [6.45, 7) is 0. The topological polar surface area (TPSA) is 121 Å². The van der Waals surface area contributed by atoms with Gasteiger partial charge in [0.15, 0.2) is 0 Å². The normalized spacial score (nSPS) is 9.00. The van der Waals surface area contributed by atoms with E-state index in [0.29, 0.717) is 0 Å². The van der Waals surface area contributed by atoms with E-state index in [-0.39, 0.29) is 5.56 Å². The third kappa shape index (κ3) is 2.42. The Morgan fingerprint density at radius 3 is 2.31 bits per heavy atom. The highest BCUT2D eigenvalue weighted by Crippen LogP contribution is 2.26. The average Bonchev–Trinajstić information content (AvgIpc) is 2.15. The van der Waals surface area contributed by atoms with E-state index in [9.17, 15) is 19.8 Å². The standard InChI is InChI=1S/C10H7NO5/c11-9(14)2-1-5-3-6(10(15)16)8(13)4-7(5)12/h3-4,12-13H,(H2,11,14)(H,15,16). The van der Waals surface area contributed by atoms with Gasteiger partial charge in [-0.3, -0.25) is 4.79 Å². The summed E-state index contributed by atoms with van der Waals surface area (Å²) in [6.07, 6.45) is 0. The van der Waals surface area contributed by atoms with Crippen LogP contribution in [0.2, 0.25) is 0 Å². The third-order valence-electron chi connectivity index (χ3n) is 1.66. The van der Waals surface area contributed by atoms with Crippen molar-refractivity contribution in [3.63, 3.8) is 0 Å². The molecule has 1 rings (SSSR count). The van der Waals surface area contributed by atoms with Crippen LogP contribution in [0.1, 0.15) is 15.9 Å². The van der Waals surface area contributed by atoms with Gasteiger partial charge in [0.05, 0.1) is 5.56 Å². The molecule has 16 heavy (non-hydrogen) atoms. The molecule has 82 valence electrons. The Kier molecular flexibility index (Phi) is 3.01. The Balaban J connectivity index is 3.32. The van der Waals surface area contributed by atoms with Gasteiger partial charge >= 0.3 is 5.97 Å². The summed E-state index contributed by atoms with van der Waals surface area (Å²) in [6, 6.07) is 1.78. The van der Waals surface area contributed by atoms with E-state index >= 15 is 0 Å². The number of benzene rings is 1. The molecule has 6 heteroatoms. The summed E-state index contributed by atoms with van der Waals surface area (Å²) in [7, 11) is 0. The molecule has 0 heterocycles. The van der Waals surface area contributed by atoms with Gasteiger partial charge in [-0.2, -0.15) is 0 Å². The number of carboxylic acid groups (broad SMARTS) is 1. The summed E-state index contributed by atoms with van der Waals surface area (Å²) in [5.74, 6) is 0.818. The first-order chi connectivity index (χ1) is 7.41. The molecular weight excluding hydrogens is 214 g/mol. The van der Waals surface area contributed by atoms with Crippen molar-refractivity contribution in [2.24, 2.45) is 5.73 Å². The molecule has 0 radical (unpaired) electrons. The fourth-order valence-electron chi connectivity index (χ4n) is 0.978. The lowest BCUT2D eigenvalue weighted by Crippen LogP contribution is -2.06. The minimum Gasteiger partial charge on any atom is -0.507 e. The second-order valence-corrected chi connectivity index (χ2v) is 2.81. The van der Waals surface area contributed by atoms with Crippen molar-refractivity contribution in [2.75, 3.05) is 0 Å². The number of phenols is 2. The number of nitrogens with two attached hydrogens (primary N) is 1. The van der Waals surface area contributed by atoms with Crippen LogP contribution < -0.4 is 5.73 Å². The molecule has 1 amide bonds. The Morgan fingerprint density at radius 1 is 1.19 bits per heavy atom. The molecule has 1 aromatic rings. The van der Waals surface area contributed by atoms with E-state index in [1.54, 1.807) is 0 Å². The minimum atomic E-state index is -1.38. The molecule has 0 bridgehead atoms. The number of phenolic OH excluding ortho intramolecular Hbond substituents is 1. The van der Waals surface area contributed by atoms with Crippen molar-refractivity contribution in [1.29, 1.82) is 0 Å². The van der Waals surface area contributed by atoms with Crippen LogP contribution in [0.5, 0.6) is 11.5 Å². The van der Waals surface area contributed by atoms with Crippen LogP contribution in [-0.2, 0) is 4.79 Å². The number of carbonyl (C=O) groups is 2. The maximum Gasteiger partial charge on any atom is 0.339 e. The quantitative estimate of drug-likeness (QED) is 0.482. The van der Waals surface area contributed by atoms with Crippen molar-refractivity contribution in [3.8, 4) is 23.3 Å². The molecule has 0 spiro atoms. The highest BCUT2D eigenvalue weighted by atomic mass is 16.4. The van der Waals surface area contributed by atoms with Crippen LogP contribution in [0.15, 0.2) is 12.1 Å². The van der Waals surface area contributed by atoms with Crippen LogP contribution in [-0.4, -0.2) is 27.2 Å². The summed E-state index contributed by atoms with van der Waals surface area (Å²) >= 11 is 0. The largest absolute Gasteiger partial charge is 0.507 e. The zero-order valence-electron chi connectivity index (χ0n) is 7.89. The summed E-state index contributed by atoms with van der Waals surface area (Å²) < 4.78 is 0. The van der Waals surface area contributed by atoms with Gasteiger partial charge in [-0.25, -0.2) is 4.79 Å². The van der Waals surface area contributed by atoms with E-state index in [1.807, 2.05) is 5.92 Å². The highest BCUT2D eigenvalue weighted by Gasteiger charge is 2.13. The smallest absolute Gasteiger partial charge is 0.339 e. The van der Waals surface area contributed by atoms with E-state index in [1.165, 1.54) is 0 Å². The van der Waals surface area contributed by atoms with Crippen molar-refractivity contribution in [3.05, 3.63) is 23.3 Å². The van der Waals surface area contributed by atoms with Gasteiger partial charge in [0, 0.05) is 12.0 Å². The molecule has 1 aromatic carbocycles.